The number of amides is 1. The highest BCUT2D eigenvalue weighted by Gasteiger charge is 2.18. The smallest absolute Gasteiger partial charge is 0.265 e. The van der Waals surface area contributed by atoms with Gasteiger partial charge in [0.1, 0.15) is 5.75 Å². The Hall–Kier alpha value is -2.62. The van der Waals surface area contributed by atoms with Crippen molar-refractivity contribution >= 4 is 17.4 Å². The van der Waals surface area contributed by atoms with Gasteiger partial charge in [-0.3, -0.25) is 9.59 Å². The van der Waals surface area contributed by atoms with Crippen LogP contribution in [0.1, 0.15) is 36.2 Å². The lowest BCUT2D eigenvalue weighted by Crippen LogP contribution is -2.32. The van der Waals surface area contributed by atoms with Crippen molar-refractivity contribution in [1.82, 2.24) is 0 Å². The quantitative estimate of drug-likeness (QED) is 0.821. The van der Waals surface area contributed by atoms with Crippen LogP contribution in [0.25, 0.3) is 0 Å². The third-order valence-electron chi connectivity index (χ3n) is 3.50. The van der Waals surface area contributed by atoms with Crippen LogP contribution < -0.4 is 10.1 Å². The van der Waals surface area contributed by atoms with E-state index in [1.807, 2.05) is 38.1 Å². The number of benzene rings is 2. The predicted octanol–water partition coefficient (Wildman–Crippen LogP) is 3.99. The molecule has 0 aromatic heterocycles. The number of hydrogen-bond acceptors (Lipinski definition) is 3. The van der Waals surface area contributed by atoms with E-state index in [-0.39, 0.29) is 11.7 Å². The number of Topliss-reactive ketones (excluding diaryl/α,β-unsaturated/α-hetero) is 1. The SMILES string of the molecule is CC[C@@H](Oc1ccc(C)cc1)C(=O)Nc1cccc(C(C)=O)c1. The first kappa shape index (κ1) is 16.7. The summed E-state index contributed by atoms with van der Waals surface area (Å²) in [6.07, 6.45) is -0.0368. The third kappa shape index (κ3) is 4.68. The summed E-state index contributed by atoms with van der Waals surface area (Å²) in [7, 11) is 0. The second kappa shape index (κ2) is 7.58. The van der Waals surface area contributed by atoms with Crippen LogP contribution in [0.4, 0.5) is 5.69 Å². The zero-order valence-corrected chi connectivity index (χ0v) is 13.6. The van der Waals surface area contributed by atoms with Gasteiger partial charge in [0.2, 0.25) is 0 Å². The Morgan fingerprint density at radius 2 is 1.83 bits per heavy atom. The van der Waals surface area contributed by atoms with Gasteiger partial charge in [-0.1, -0.05) is 36.8 Å². The van der Waals surface area contributed by atoms with E-state index in [0.717, 1.165) is 5.56 Å². The first-order valence-electron chi connectivity index (χ1n) is 7.64. The van der Waals surface area contributed by atoms with Gasteiger partial charge in [-0.05, 0) is 44.5 Å². The summed E-state index contributed by atoms with van der Waals surface area (Å²) in [4.78, 5) is 23.8. The number of rotatable bonds is 6. The number of ketones is 1. The molecule has 0 saturated carbocycles. The lowest BCUT2D eigenvalue weighted by Gasteiger charge is -2.17. The summed E-state index contributed by atoms with van der Waals surface area (Å²) < 4.78 is 5.75. The Labute approximate surface area is 136 Å². The Kier molecular flexibility index (Phi) is 5.52. The second-order valence-corrected chi connectivity index (χ2v) is 5.45. The summed E-state index contributed by atoms with van der Waals surface area (Å²) in [5.41, 5.74) is 2.29. The Morgan fingerprint density at radius 1 is 1.13 bits per heavy atom. The molecule has 0 aliphatic carbocycles. The monoisotopic (exact) mass is 311 g/mol. The fraction of sp³-hybridized carbons (Fsp3) is 0.263. The lowest BCUT2D eigenvalue weighted by molar-refractivity contribution is -0.122. The van der Waals surface area contributed by atoms with Gasteiger partial charge in [-0.25, -0.2) is 0 Å². The van der Waals surface area contributed by atoms with E-state index in [2.05, 4.69) is 5.32 Å². The van der Waals surface area contributed by atoms with E-state index in [0.29, 0.717) is 23.4 Å². The summed E-state index contributed by atoms with van der Waals surface area (Å²) >= 11 is 0. The largest absolute Gasteiger partial charge is 0.481 e. The maximum absolute atomic E-state index is 12.4. The predicted molar refractivity (Wildman–Crippen MR) is 91.0 cm³/mol. The molecule has 2 aromatic rings. The van der Waals surface area contributed by atoms with Crippen LogP contribution >= 0.6 is 0 Å². The molecule has 120 valence electrons. The average molecular weight is 311 g/mol. The van der Waals surface area contributed by atoms with Crippen molar-refractivity contribution in [3.05, 3.63) is 59.7 Å². The van der Waals surface area contributed by atoms with E-state index in [1.165, 1.54) is 6.92 Å². The summed E-state index contributed by atoms with van der Waals surface area (Å²) in [5.74, 6) is 0.396. The standard InChI is InChI=1S/C19H21NO3/c1-4-18(23-17-10-8-13(2)9-11-17)19(22)20-16-7-5-6-15(12-16)14(3)21/h5-12,18H,4H2,1-3H3,(H,20,22)/t18-/m1/s1. The molecule has 4 nitrogen and oxygen atoms in total. The normalized spacial score (nSPS) is 11.6. The maximum atomic E-state index is 12.4. The molecular formula is C19H21NO3. The molecule has 2 aromatic carbocycles. The van der Waals surface area contributed by atoms with Crippen LogP contribution in [0.2, 0.25) is 0 Å². The molecular weight excluding hydrogens is 290 g/mol. The van der Waals surface area contributed by atoms with Gasteiger partial charge in [0.15, 0.2) is 11.9 Å². The lowest BCUT2D eigenvalue weighted by atomic mass is 10.1. The summed E-state index contributed by atoms with van der Waals surface area (Å²) in [6.45, 7) is 5.39. The fourth-order valence-corrected chi connectivity index (χ4v) is 2.14. The van der Waals surface area contributed by atoms with Crippen LogP contribution in [0.5, 0.6) is 5.75 Å². The minimum atomic E-state index is -0.585. The van der Waals surface area contributed by atoms with Crippen molar-refractivity contribution in [3.8, 4) is 5.75 Å². The molecule has 0 unspecified atom stereocenters. The first-order chi connectivity index (χ1) is 11.0. The van der Waals surface area contributed by atoms with Crippen LogP contribution in [-0.2, 0) is 4.79 Å². The van der Waals surface area contributed by atoms with E-state index in [9.17, 15) is 9.59 Å². The molecule has 0 fully saturated rings. The highest BCUT2D eigenvalue weighted by atomic mass is 16.5. The van der Waals surface area contributed by atoms with Gasteiger partial charge < -0.3 is 10.1 Å². The molecule has 0 aliphatic heterocycles. The molecule has 1 amide bonds. The molecule has 0 saturated heterocycles. The Morgan fingerprint density at radius 3 is 2.43 bits per heavy atom. The molecule has 2 rings (SSSR count). The van der Waals surface area contributed by atoms with Gasteiger partial charge in [-0.15, -0.1) is 0 Å². The topological polar surface area (TPSA) is 55.4 Å². The van der Waals surface area contributed by atoms with Crippen molar-refractivity contribution in [1.29, 1.82) is 0 Å². The third-order valence-corrected chi connectivity index (χ3v) is 3.50. The highest BCUT2D eigenvalue weighted by molar-refractivity contribution is 5.98. The number of ether oxygens (including phenoxy) is 1. The number of carbonyl (C=O) groups excluding carboxylic acids is 2. The molecule has 1 atom stereocenters. The van der Waals surface area contributed by atoms with Gasteiger partial charge in [-0.2, -0.15) is 0 Å². The molecule has 23 heavy (non-hydrogen) atoms. The van der Waals surface area contributed by atoms with Crippen LogP contribution in [0, 0.1) is 6.92 Å². The van der Waals surface area contributed by atoms with Crippen molar-refractivity contribution in [2.45, 2.75) is 33.3 Å². The fourth-order valence-electron chi connectivity index (χ4n) is 2.14. The number of aryl methyl sites for hydroxylation is 1. The molecule has 0 spiro atoms. The second-order valence-electron chi connectivity index (χ2n) is 5.45. The number of nitrogens with one attached hydrogen (secondary N) is 1. The summed E-state index contributed by atoms with van der Waals surface area (Å²) in [6, 6.07) is 14.5. The number of anilines is 1. The van der Waals surface area contributed by atoms with E-state index < -0.39 is 6.10 Å². The molecule has 0 radical (unpaired) electrons. The molecule has 0 heterocycles. The van der Waals surface area contributed by atoms with Crippen molar-refractivity contribution in [2.24, 2.45) is 0 Å². The van der Waals surface area contributed by atoms with Gasteiger partial charge in [0, 0.05) is 11.3 Å². The maximum Gasteiger partial charge on any atom is 0.265 e. The molecule has 0 aliphatic rings. The van der Waals surface area contributed by atoms with Crippen molar-refractivity contribution < 1.29 is 14.3 Å². The first-order valence-corrected chi connectivity index (χ1v) is 7.64. The van der Waals surface area contributed by atoms with Gasteiger partial charge in [0.25, 0.3) is 5.91 Å². The molecule has 0 bridgehead atoms. The van der Waals surface area contributed by atoms with Crippen LogP contribution in [0.15, 0.2) is 48.5 Å². The van der Waals surface area contributed by atoms with Gasteiger partial charge in [0.05, 0.1) is 0 Å². The number of carbonyl (C=O) groups is 2. The van der Waals surface area contributed by atoms with E-state index >= 15 is 0 Å². The molecule has 1 N–H and O–H groups in total. The zero-order chi connectivity index (χ0) is 16.8. The minimum absolute atomic E-state index is 0.0379. The average Bonchev–Trinajstić information content (AvgIpc) is 2.54. The Bertz CT molecular complexity index is 692. The minimum Gasteiger partial charge on any atom is -0.481 e. The van der Waals surface area contributed by atoms with E-state index in [1.54, 1.807) is 24.3 Å². The Balaban J connectivity index is 2.06. The van der Waals surface area contributed by atoms with Crippen molar-refractivity contribution in [3.63, 3.8) is 0 Å². The van der Waals surface area contributed by atoms with Crippen LogP contribution in [0.3, 0.4) is 0 Å². The van der Waals surface area contributed by atoms with Crippen LogP contribution in [-0.4, -0.2) is 17.8 Å². The highest BCUT2D eigenvalue weighted by Crippen LogP contribution is 2.17. The zero-order valence-electron chi connectivity index (χ0n) is 13.6. The van der Waals surface area contributed by atoms with E-state index in [4.69, 9.17) is 4.74 Å². The molecule has 4 heteroatoms. The van der Waals surface area contributed by atoms with Gasteiger partial charge >= 0.3 is 0 Å². The number of hydrogen-bond donors (Lipinski definition) is 1. The summed E-state index contributed by atoms with van der Waals surface area (Å²) in [5, 5.41) is 2.80. The van der Waals surface area contributed by atoms with Crippen molar-refractivity contribution in [2.75, 3.05) is 5.32 Å².